The SMILES string of the molecule is CC(N)Cc1ccc(OCc2cncn2C)cc1. The molecule has 0 saturated carbocycles. The van der Waals surface area contributed by atoms with E-state index in [2.05, 4.69) is 17.1 Å². The van der Waals surface area contributed by atoms with Gasteiger partial charge in [0.25, 0.3) is 0 Å². The van der Waals surface area contributed by atoms with E-state index >= 15 is 0 Å². The second kappa shape index (κ2) is 5.69. The molecule has 0 spiro atoms. The molecule has 96 valence electrons. The maximum atomic E-state index is 5.76. The Labute approximate surface area is 107 Å². The number of ether oxygens (including phenoxy) is 1. The summed E-state index contributed by atoms with van der Waals surface area (Å²) in [7, 11) is 1.96. The minimum Gasteiger partial charge on any atom is -0.487 e. The summed E-state index contributed by atoms with van der Waals surface area (Å²) in [5.41, 5.74) is 8.05. The first kappa shape index (κ1) is 12.6. The normalized spacial score (nSPS) is 12.4. The Kier molecular flexibility index (Phi) is 3.99. The molecule has 4 nitrogen and oxygen atoms in total. The van der Waals surface area contributed by atoms with Crippen LogP contribution >= 0.6 is 0 Å². The third kappa shape index (κ3) is 3.34. The van der Waals surface area contributed by atoms with Crippen LogP contribution in [0.25, 0.3) is 0 Å². The maximum Gasteiger partial charge on any atom is 0.130 e. The van der Waals surface area contributed by atoms with Gasteiger partial charge in [0.1, 0.15) is 12.4 Å². The second-order valence-electron chi connectivity index (χ2n) is 4.61. The van der Waals surface area contributed by atoms with Crippen LogP contribution in [0.3, 0.4) is 0 Å². The Morgan fingerprint density at radius 2 is 2.06 bits per heavy atom. The van der Waals surface area contributed by atoms with Crippen LogP contribution < -0.4 is 10.5 Å². The molecule has 0 aliphatic carbocycles. The number of nitrogens with zero attached hydrogens (tertiary/aromatic N) is 2. The van der Waals surface area contributed by atoms with Crippen LogP contribution in [0.4, 0.5) is 0 Å². The molecule has 0 saturated heterocycles. The zero-order valence-electron chi connectivity index (χ0n) is 10.8. The van der Waals surface area contributed by atoms with Gasteiger partial charge in [-0.25, -0.2) is 4.98 Å². The highest BCUT2D eigenvalue weighted by atomic mass is 16.5. The summed E-state index contributed by atoms with van der Waals surface area (Å²) in [6, 6.07) is 8.26. The lowest BCUT2D eigenvalue weighted by atomic mass is 10.1. The van der Waals surface area contributed by atoms with E-state index in [9.17, 15) is 0 Å². The standard InChI is InChI=1S/C14H19N3O/c1-11(15)7-12-3-5-14(6-4-12)18-9-13-8-16-10-17(13)2/h3-6,8,10-11H,7,9,15H2,1-2H3. The largest absolute Gasteiger partial charge is 0.487 e. The third-order valence-corrected chi connectivity index (χ3v) is 2.78. The first-order valence-electron chi connectivity index (χ1n) is 6.07. The quantitative estimate of drug-likeness (QED) is 0.875. The molecule has 0 radical (unpaired) electrons. The van der Waals surface area contributed by atoms with Crippen molar-refractivity contribution < 1.29 is 4.74 Å². The van der Waals surface area contributed by atoms with Gasteiger partial charge in [0, 0.05) is 13.1 Å². The van der Waals surface area contributed by atoms with Gasteiger partial charge in [-0.05, 0) is 31.0 Å². The van der Waals surface area contributed by atoms with Gasteiger partial charge in [0.15, 0.2) is 0 Å². The van der Waals surface area contributed by atoms with Crippen molar-refractivity contribution in [1.29, 1.82) is 0 Å². The predicted octanol–water partition coefficient (Wildman–Crippen LogP) is 1.89. The number of imidazole rings is 1. The molecule has 0 amide bonds. The smallest absolute Gasteiger partial charge is 0.130 e. The summed E-state index contributed by atoms with van der Waals surface area (Å²) in [6.45, 7) is 2.54. The van der Waals surface area contributed by atoms with Gasteiger partial charge >= 0.3 is 0 Å². The third-order valence-electron chi connectivity index (χ3n) is 2.78. The minimum absolute atomic E-state index is 0.186. The number of aryl methyl sites for hydroxylation is 1. The minimum atomic E-state index is 0.186. The molecule has 0 bridgehead atoms. The summed E-state index contributed by atoms with van der Waals surface area (Å²) < 4.78 is 7.65. The van der Waals surface area contributed by atoms with Gasteiger partial charge in [-0.2, -0.15) is 0 Å². The van der Waals surface area contributed by atoms with Crippen LogP contribution in [0.5, 0.6) is 5.75 Å². The molecule has 1 aromatic carbocycles. The van der Waals surface area contributed by atoms with Gasteiger partial charge in [0.2, 0.25) is 0 Å². The molecule has 4 heteroatoms. The fraction of sp³-hybridized carbons (Fsp3) is 0.357. The molecule has 0 fully saturated rings. The molecule has 0 aliphatic heterocycles. The molecule has 1 unspecified atom stereocenters. The predicted molar refractivity (Wildman–Crippen MR) is 71.3 cm³/mol. The van der Waals surface area contributed by atoms with Crippen LogP contribution in [0, 0.1) is 0 Å². The monoisotopic (exact) mass is 245 g/mol. The summed E-state index contributed by atoms with van der Waals surface area (Å²) in [6.07, 6.45) is 4.47. The number of benzene rings is 1. The zero-order chi connectivity index (χ0) is 13.0. The van der Waals surface area contributed by atoms with Gasteiger partial charge in [0.05, 0.1) is 18.2 Å². The summed E-state index contributed by atoms with van der Waals surface area (Å²) in [5, 5.41) is 0. The van der Waals surface area contributed by atoms with Gasteiger partial charge < -0.3 is 15.0 Å². The van der Waals surface area contributed by atoms with Crippen LogP contribution in [0.2, 0.25) is 0 Å². The van der Waals surface area contributed by atoms with Crippen LogP contribution in [0.15, 0.2) is 36.8 Å². The molecule has 1 aromatic heterocycles. The maximum absolute atomic E-state index is 5.76. The highest BCUT2D eigenvalue weighted by molar-refractivity contribution is 5.27. The average Bonchev–Trinajstić information content (AvgIpc) is 2.73. The average molecular weight is 245 g/mol. The lowest BCUT2D eigenvalue weighted by Gasteiger charge is -2.08. The molecule has 1 atom stereocenters. The van der Waals surface area contributed by atoms with Crippen LogP contribution in [-0.4, -0.2) is 15.6 Å². The van der Waals surface area contributed by atoms with E-state index in [1.54, 1.807) is 6.33 Å². The molecule has 2 aromatic rings. The molecule has 2 N–H and O–H groups in total. The first-order chi connectivity index (χ1) is 8.65. The highest BCUT2D eigenvalue weighted by Gasteiger charge is 2.01. The Morgan fingerprint density at radius 1 is 1.33 bits per heavy atom. The zero-order valence-corrected chi connectivity index (χ0v) is 10.8. The molecule has 1 heterocycles. The number of nitrogens with two attached hydrogens (primary N) is 1. The Morgan fingerprint density at radius 3 is 2.61 bits per heavy atom. The second-order valence-corrected chi connectivity index (χ2v) is 4.61. The molecular formula is C14H19N3O. The first-order valence-corrected chi connectivity index (χ1v) is 6.07. The molecule has 0 aliphatic rings. The summed E-state index contributed by atoms with van der Waals surface area (Å²) in [4.78, 5) is 4.05. The molecular weight excluding hydrogens is 226 g/mol. The molecule has 18 heavy (non-hydrogen) atoms. The summed E-state index contributed by atoms with van der Waals surface area (Å²) in [5.74, 6) is 0.865. The number of rotatable bonds is 5. The van der Waals surface area contributed by atoms with E-state index in [4.69, 9.17) is 10.5 Å². The van der Waals surface area contributed by atoms with Crippen molar-refractivity contribution in [3.63, 3.8) is 0 Å². The number of aromatic nitrogens is 2. The fourth-order valence-corrected chi connectivity index (χ4v) is 1.77. The van der Waals surface area contributed by atoms with Crippen molar-refractivity contribution >= 4 is 0 Å². The van der Waals surface area contributed by atoms with E-state index in [-0.39, 0.29) is 6.04 Å². The fourth-order valence-electron chi connectivity index (χ4n) is 1.77. The van der Waals surface area contributed by atoms with E-state index in [1.807, 2.05) is 36.9 Å². The Balaban J connectivity index is 1.92. The van der Waals surface area contributed by atoms with Crippen molar-refractivity contribution in [2.75, 3.05) is 0 Å². The van der Waals surface area contributed by atoms with Gasteiger partial charge in [-0.15, -0.1) is 0 Å². The van der Waals surface area contributed by atoms with Crippen molar-refractivity contribution in [1.82, 2.24) is 9.55 Å². The van der Waals surface area contributed by atoms with E-state index < -0.39 is 0 Å². The number of hydrogen-bond acceptors (Lipinski definition) is 3. The number of hydrogen-bond donors (Lipinski definition) is 1. The van der Waals surface area contributed by atoms with Crippen molar-refractivity contribution in [2.24, 2.45) is 12.8 Å². The Bertz CT molecular complexity index is 488. The van der Waals surface area contributed by atoms with E-state index in [1.165, 1.54) is 5.56 Å². The molecule has 2 rings (SSSR count). The van der Waals surface area contributed by atoms with Crippen molar-refractivity contribution in [3.05, 3.63) is 48.0 Å². The summed E-state index contributed by atoms with van der Waals surface area (Å²) >= 11 is 0. The topological polar surface area (TPSA) is 53.1 Å². The van der Waals surface area contributed by atoms with Crippen LogP contribution in [-0.2, 0) is 20.1 Å². The van der Waals surface area contributed by atoms with Crippen molar-refractivity contribution in [3.8, 4) is 5.75 Å². The lowest BCUT2D eigenvalue weighted by Crippen LogP contribution is -2.17. The highest BCUT2D eigenvalue weighted by Crippen LogP contribution is 2.14. The Hall–Kier alpha value is -1.81. The van der Waals surface area contributed by atoms with E-state index in [0.29, 0.717) is 6.61 Å². The van der Waals surface area contributed by atoms with E-state index in [0.717, 1.165) is 17.9 Å². The van der Waals surface area contributed by atoms with Gasteiger partial charge in [-0.1, -0.05) is 12.1 Å². The van der Waals surface area contributed by atoms with Gasteiger partial charge in [-0.3, -0.25) is 0 Å². The van der Waals surface area contributed by atoms with Crippen LogP contribution in [0.1, 0.15) is 18.2 Å². The van der Waals surface area contributed by atoms with Crippen molar-refractivity contribution in [2.45, 2.75) is 26.0 Å². The lowest BCUT2D eigenvalue weighted by molar-refractivity contribution is 0.297.